The fourth-order valence-corrected chi connectivity index (χ4v) is 3.33. The summed E-state index contributed by atoms with van der Waals surface area (Å²) >= 11 is 0. The maximum atomic E-state index is 12.0. The molecule has 0 aliphatic heterocycles. The number of anilines is 3. The molecule has 2 aromatic carbocycles. The molecular formula is C27H38N8O4. The van der Waals surface area contributed by atoms with Crippen molar-refractivity contribution in [2.24, 2.45) is 5.73 Å². The van der Waals surface area contributed by atoms with Crippen LogP contribution in [-0.4, -0.2) is 80.6 Å². The molecule has 1 aromatic heterocycles. The van der Waals surface area contributed by atoms with Crippen LogP contribution in [0.1, 0.15) is 22.3 Å². The maximum absolute atomic E-state index is 12.0. The first-order chi connectivity index (χ1) is 19.2. The number of benzene rings is 2. The lowest BCUT2D eigenvalue weighted by Crippen LogP contribution is -2.27. The van der Waals surface area contributed by atoms with Crippen LogP contribution < -0.4 is 31.7 Å². The van der Waals surface area contributed by atoms with Gasteiger partial charge in [0, 0.05) is 31.7 Å². The summed E-state index contributed by atoms with van der Waals surface area (Å²) in [4.78, 5) is 25.3. The molecule has 12 nitrogen and oxygen atoms in total. The third kappa shape index (κ3) is 11.5. The van der Waals surface area contributed by atoms with E-state index in [0.29, 0.717) is 82.6 Å². The Balaban J connectivity index is 1.34. The van der Waals surface area contributed by atoms with Gasteiger partial charge in [-0.15, -0.1) is 0 Å². The van der Waals surface area contributed by atoms with Crippen LogP contribution in [0, 0.1) is 0 Å². The molecule has 12 heteroatoms. The van der Waals surface area contributed by atoms with E-state index in [9.17, 15) is 4.79 Å². The van der Waals surface area contributed by atoms with Crippen molar-refractivity contribution < 1.29 is 19.0 Å². The summed E-state index contributed by atoms with van der Waals surface area (Å²) < 4.78 is 16.3. The molecule has 0 spiro atoms. The highest BCUT2D eigenvalue weighted by Crippen LogP contribution is 2.14. The molecular weight excluding hydrogens is 500 g/mol. The first-order valence-electron chi connectivity index (χ1n) is 13.0. The summed E-state index contributed by atoms with van der Waals surface area (Å²) in [5, 5.41) is 12.4. The molecule has 0 saturated carbocycles. The van der Waals surface area contributed by atoms with Gasteiger partial charge in [-0.05, 0) is 42.8 Å². The van der Waals surface area contributed by atoms with Gasteiger partial charge in [-0.25, -0.2) is 0 Å². The van der Waals surface area contributed by atoms with Crippen LogP contribution in [-0.2, 0) is 16.0 Å². The Labute approximate surface area is 229 Å². The second-order valence-electron chi connectivity index (χ2n) is 8.35. The van der Waals surface area contributed by atoms with Crippen LogP contribution in [0.2, 0.25) is 0 Å². The van der Waals surface area contributed by atoms with Gasteiger partial charge in [0.05, 0.1) is 33.5 Å². The molecule has 6 N–H and O–H groups in total. The Bertz CT molecular complexity index is 1100. The Morgan fingerprint density at radius 2 is 1.38 bits per heavy atom. The average molecular weight is 539 g/mol. The highest BCUT2D eigenvalue weighted by Gasteiger charge is 2.07. The highest BCUT2D eigenvalue weighted by atomic mass is 16.5. The highest BCUT2D eigenvalue weighted by molar-refractivity contribution is 5.94. The van der Waals surface area contributed by atoms with Crippen molar-refractivity contribution in [2.45, 2.75) is 13.0 Å². The zero-order chi connectivity index (χ0) is 27.5. The number of methoxy groups -OCH3 is 1. The monoisotopic (exact) mass is 538 g/mol. The van der Waals surface area contributed by atoms with Gasteiger partial charge >= 0.3 is 0 Å². The normalized spacial score (nSPS) is 10.6. The number of aromatic nitrogens is 3. The number of rotatable bonds is 19. The van der Waals surface area contributed by atoms with E-state index in [2.05, 4.69) is 36.2 Å². The van der Waals surface area contributed by atoms with Crippen molar-refractivity contribution in [3.63, 3.8) is 0 Å². The minimum atomic E-state index is -0.114. The van der Waals surface area contributed by atoms with Gasteiger partial charge in [-0.1, -0.05) is 30.3 Å². The van der Waals surface area contributed by atoms with Crippen molar-refractivity contribution in [1.29, 1.82) is 0 Å². The van der Waals surface area contributed by atoms with Crippen molar-refractivity contribution in [3.8, 4) is 5.75 Å². The fourth-order valence-electron chi connectivity index (χ4n) is 3.33. The number of amides is 1. The number of nitrogens with two attached hydrogens (primary N) is 1. The van der Waals surface area contributed by atoms with E-state index in [4.69, 9.17) is 19.9 Å². The Morgan fingerprint density at radius 3 is 2.03 bits per heavy atom. The van der Waals surface area contributed by atoms with Crippen molar-refractivity contribution in [3.05, 3.63) is 65.7 Å². The predicted molar refractivity (Wildman–Crippen MR) is 151 cm³/mol. The Hall–Kier alpha value is -4.00. The summed E-state index contributed by atoms with van der Waals surface area (Å²) in [5.74, 6) is 2.04. The van der Waals surface area contributed by atoms with E-state index in [1.54, 1.807) is 19.2 Å². The molecule has 0 unspecified atom stereocenters. The first-order valence-corrected chi connectivity index (χ1v) is 13.0. The van der Waals surface area contributed by atoms with Crippen LogP contribution in [0.4, 0.5) is 17.8 Å². The minimum Gasteiger partial charge on any atom is -0.497 e. The molecule has 0 bridgehead atoms. The number of carbonyl (C=O) groups excluding carboxylic acids is 1. The standard InChI is InChI=1S/C27H38N8O4/c1-37-23-10-8-21(9-11-23)20-32-27-34-25(30-13-5-12-28)33-26(35-27)31-15-17-39-19-18-38-16-14-29-24(36)22-6-3-2-4-7-22/h2-4,6-11H,5,12-20,28H2,1H3,(H,29,36)(H3,30,31,32,33,34,35). The number of nitrogens with one attached hydrogen (secondary N) is 4. The Morgan fingerprint density at radius 1 is 0.769 bits per heavy atom. The molecule has 3 rings (SSSR count). The lowest BCUT2D eigenvalue weighted by atomic mass is 10.2. The lowest BCUT2D eigenvalue weighted by molar-refractivity contribution is 0.0519. The van der Waals surface area contributed by atoms with Crippen molar-refractivity contribution >= 4 is 23.8 Å². The summed E-state index contributed by atoms with van der Waals surface area (Å²) in [6, 6.07) is 16.9. The number of hydrogen-bond acceptors (Lipinski definition) is 11. The van der Waals surface area contributed by atoms with Gasteiger partial charge < -0.3 is 41.2 Å². The predicted octanol–water partition coefficient (Wildman–Crippen LogP) is 2.13. The van der Waals surface area contributed by atoms with Crippen LogP contribution in [0.25, 0.3) is 0 Å². The lowest BCUT2D eigenvalue weighted by Gasteiger charge is -2.12. The quantitative estimate of drug-likeness (QED) is 0.142. The van der Waals surface area contributed by atoms with E-state index in [1.807, 2.05) is 42.5 Å². The molecule has 210 valence electrons. The largest absolute Gasteiger partial charge is 0.497 e. The molecule has 0 aliphatic rings. The number of carbonyl (C=O) groups is 1. The smallest absolute Gasteiger partial charge is 0.251 e. The summed E-state index contributed by atoms with van der Waals surface area (Å²) in [6.45, 7) is 4.47. The third-order valence-corrected chi connectivity index (χ3v) is 5.38. The van der Waals surface area contributed by atoms with E-state index >= 15 is 0 Å². The SMILES string of the molecule is COc1ccc(CNc2nc(NCCCN)nc(NCCOCCOCCNC(=O)c3ccccc3)n2)cc1. The van der Waals surface area contributed by atoms with E-state index in [0.717, 1.165) is 17.7 Å². The van der Waals surface area contributed by atoms with E-state index < -0.39 is 0 Å². The van der Waals surface area contributed by atoms with Gasteiger partial charge in [0.25, 0.3) is 5.91 Å². The van der Waals surface area contributed by atoms with Gasteiger partial charge in [-0.2, -0.15) is 15.0 Å². The molecule has 1 heterocycles. The zero-order valence-corrected chi connectivity index (χ0v) is 22.3. The fraction of sp³-hybridized carbons (Fsp3) is 0.407. The molecule has 0 saturated heterocycles. The van der Waals surface area contributed by atoms with Crippen LogP contribution in [0.5, 0.6) is 5.75 Å². The molecule has 39 heavy (non-hydrogen) atoms. The summed E-state index contributed by atoms with van der Waals surface area (Å²) in [7, 11) is 1.64. The van der Waals surface area contributed by atoms with Gasteiger partial charge in [0.15, 0.2) is 0 Å². The number of hydrogen-bond donors (Lipinski definition) is 5. The van der Waals surface area contributed by atoms with Crippen LogP contribution in [0.3, 0.4) is 0 Å². The molecule has 0 aliphatic carbocycles. The summed E-state index contributed by atoms with van der Waals surface area (Å²) in [6.07, 6.45) is 0.804. The van der Waals surface area contributed by atoms with E-state index in [-0.39, 0.29) is 5.91 Å². The van der Waals surface area contributed by atoms with E-state index in [1.165, 1.54) is 0 Å². The van der Waals surface area contributed by atoms with Gasteiger partial charge in [0.2, 0.25) is 17.8 Å². The third-order valence-electron chi connectivity index (χ3n) is 5.38. The molecule has 3 aromatic rings. The zero-order valence-electron chi connectivity index (χ0n) is 22.3. The molecule has 0 radical (unpaired) electrons. The second-order valence-corrected chi connectivity index (χ2v) is 8.35. The van der Waals surface area contributed by atoms with Crippen LogP contribution in [0.15, 0.2) is 54.6 Å². The van der Waals surface area contributed by atoms with Crippen LogP contribution >= 0.6 is 0 Å². The molecule has 0 fully saturated rings. The molecule has 0 atom stereocenters. The van der Waals surface area contributed by atoms with Crippen molar-refractivity contribution in [1.82, 2.24) is 20.3 Å². The Kier molecular flexibility index (Phi) is 13.3. The van der Waals surface area contributed by atoms with Gasteiger partial charge in [0.1, 0.15) is 5.75 Å². The average Bonchev–Trinajstić information content (AvgIpc) is 2.97. The first kappa shape index (κ1) is 29.6. The van der Waals surface area contributed by atoms with Gasteiger partial charge in [-0.3, -0.25) is 4.79 Å². The minimum absolute atomic E-state index is 0.114. The maximum Gasteiger partial charge on any atom is 0.251 e. The number of nitrogens with zero attached hydrogens (tertiary/aromatic N) is 3. The summed E-state index contributed by atoms with van der Waals surface area (Å²) in [5.41, 5.74) is 7.29. The second kappa shape index (κ2) is 17.5. The van der Waals surface area contributed by atoms with Crippen molar-refractivity contribution in [2.75, 3.05) is 75.7 Å². The molecule has 1 amide bonds. The topological polar surface area (TPSA) is 158 Å². The number of ether oxygens (including phenoxy) is 3.